The molecule has 4 saturated carbocycles. The van der Waals surface area contributed by atoms with Crippen molar-refractivity contribution in [2.24, 2.45) is 17.3 Å². The van der Waals surface area contributed by atoms with Crippen LogP contribution in [-0.4, -0.2) is 28.0 Å². The minimum atomic E-state index is -0.891. The van der Waals surface area contributed by atoms with Crippen LogP contribution in [-0.2, 0) is 14.3 Å². The van der Waals surface area contributed by atoms with Crippen LogP contribution in [0.15, 0.2) is 10.6 Å². The summed E-state index contributed by atoms with van der Waals surface area (Å²) in [5.41, 5.74) is 0.157. The van der Waals surface area contributed by atoms with E-state index < -0.39 is 17.4 Å². The monoisotopic (exact) mass is 366 g/mol. The number of carbonyl (C=O) groups is 2. The molecule has 25 heavy (non-hydrogen) atoms. The van der Waals surface area contributed by atoms with Gasteiger partial charge >= 0.3 is 5.97 Å². The van der Waals surface area contributed by atoms with Gasteiger partial charge in [0.2, 0.25) is 5.88 Å². The van der Waals surface area contributed by atoms with Crippen molar-refractivity contribution in [2.75, 3.05) is 5.32 Å². The van der Waals surface area contributed by atoms with E-state index >= 15 is 0 Å². The summed E-state index contributed by atoms with van der Waals surface area (Å²) in [5, 5.41) is 6.29. The third-order valence-electron chi connectivity index (χ3n) is 5.95. The molecule has 0 saturated heterocycles. The first kappa shape index (κ1) is 16.9. The Morgan fingerprint density at radius 3 is 2.60 bits per heavy atom. The number of amides is 1. The molecule has 4 fully saturated rings. The third kappa shape index (κ3) is 3.05. The molecular formula is C18H23ClN2O4. The van der Waals surface area contributed by atoms with E-state index in [2.05, 4.69) is 10.5 Å². The highest BCUT2D eigenvalue weighted by Crippen LogP contribution is 2.64. The number of hydrogen-bond donors (Lipinski definition) is 1. The van der Waals surface area contributed by atoms with Crippen LogP contribution in [0.4, 0.5) is 5.88 Å². The van der Waals surface area contributed by atoms with Gasteiger partial charge in [-0.25, -0.2) is 0 Å². The number of ether oxygens (including phenoxy) is 1. The molecule has 4 bridgehead atoms. The van der Waals surface area contributed by atoms with Crippen molar-refractivity contribution in [2.45, 2.75) is 63.4 Å². The zero-order chi connectivity index (χ0) is 17.8. The highest BCUT2D eigenvalue weighted by Gasteiger charge is 2.61. The standard InChI is InChI=1S/C18H23ClN2O4/c1-10-3-14(25-21-10)20-15(22)11(2)24-16(23)17-5-12-4-13(6-17)8-18(19,7-12)9-17/h3,11-13H,4-9H2,1-2H3,(H,20,22)/t11-,12-,13-,17?,18?/m1/s1. The Morgan fingerprint density at radius 2 is 2.04 bits per heavy atom. The van der Waals surface area contributed by atoms with Gasteiger partial charge in [-0.3, -0.25) is 14.9 Å². The Labute approximate surface area is 151 Å². The van der Waals surface area contributed by atoms with Gasteiger partial charge in [-0.15, -0.1) is 11.6 Å². The predicted octanol–water partition coefficient (Wildman–Crippen LogP) is 3.43. The van der Waals surface area contributed by atoms with Gasteiger partial charge in [0.1, 0.15) is 0 Å². The Morgan fingerprint density at radius 1 is 1.36 bits per heavy atom. The summed E-state index contributed by atoms with van der Waals surface area (Å²) in [6, 6.07) is 1.61. The molecule has 4 aliphatic rings. The maximum absolute atomic E-state index is 12.9. The summed E-state index contributed by atoms with van der Waals surface area (Å²) in [6.45, 7) is 3.34. The van der Waals surface area contributed by atoms with Crippen molar-refractivity contribution < 1.29 is 18.8 Å². The van der Waals surface area contributed by atoms with Crippen LogP contribution < -0.4 is 5.32 Å². The van der Waals surface area contributed by atoms with Gasteiger partial charge in [-0.1, -0.05) is 5.16 Å². The number of esters is 1. The zero-order valence-corrected chi connectivity index (χ0v) is 15.3. The maximum atomic E-state index is 12.9. The largest absolute Gasteiger partial charge is 0.452 e. The number of nitrogens with one attached hydrogen (secondary N) is 1. The Bertz CT molecular complexity index is 702. The molecule has 1 N–H and O–H groups in total. The number of nitrogens with zero attached hydrogens (tertiary/aromatic N) is 1. The van der Waals surface area contributed by atoms with Crippen molar-refractivity contribution in [3.05, 3.63) is 11.8 Å². The molecule has 3 atom stereocenters. The molecule has 0 aliphatic heterocycles. The van der Waals surface area contributed by atoms with Gasteiger partial charge in [-0.2, -0.15) is 0 Å². The molecule has 1 aromatic rings. The molecule has 1 heterocycles. The van der Waals surface area contributed by atoms with Gasteiger partial charge in [0.05, 0.1) is 11.1 Å². The minimum Gasteiger partial charge on any atom is -0.452 e. The van der Waals surface area contributed by atoms with Crippen LogP contribution in [0.5, 0.6) is 0 Å². The first-order valence-electron chi connectivity index (χ1n) is 8.91. The molecule has 0 spiro atoms. The predicted molar refractivity (Wildman–Crippen MR) is 91.1 cm³/mol. The van der Waals surface area contributed by atoms with Crippen molar-refractivity contribution >= 4 is 29.4 Å². The number of hydrogen-bond acceptors (Lipinski definition) is 5. The van der Waals surface area contributed by atoms with Crippen molar-refractivity contribution in [1.82, 2.24) is 5.16 Å². The SMILES string of the molecule is Cc1cc(NC(=O)[C@@H](C)OC(=O)C23C[C@H]4C[C@@H](CC(Cl)(C4)C2)C3)on1. The summed E-state index contributed by atoms with van der Waals surface area (Å²) >= 11 is 6.77. The molecular weight excluding hydrogens is 344 g/mol. The van der Waals surface area contributed by atoms with Gasteiger partial charge in [0.15, 0.2) is 6.10 Å². The molecule has 4 aliphatic carbocycles. The highest BCUT2D eigenvalue weighted by molar-refractivity contribution is 6.24. The molecule has 0 unspecified atom stereocenters. The summed E-state index contributed by atoms with van der Waals surface area (Å²) in [7, 11) is 0. The lowest BCUT2D eigenvalue weighted by Crippen LogP contribution is -2.57. The van der Waals surface area contributed by atoms with E-state index in [0.717, 1.165) is 25.7 Å². The molecule has 6 nitrogen and oxygen atoms in total. The molecule has 7 heteroatoms. The summed E-state index contributed by atoms with van der Waals surface area (Å²) in [4.78, 5) is 24.9. The second-order valence-electron chi connectivity index (χ2n) is 8.26. The Hall–Kier alpha value is -1.56. The van der Waals surface area contributed by atoms with Gasteiger partial charge in [0.25, 0.3) is 5.91 Å². The van der Waals surface area contributed by atoms with E-state index in [1.54, 1.807) is 19.9 Å². The van der Waals surface area contributed by atoms with E-state index in [1.807, 2.05) is 0 Å². The van der Waals surface area contributed by atoms with Gasteiger partial charge < -0.3 is 9.26 Å². The number of anilines is 1. The normalized spacial score (nSPS) is 36.9. The lowest BCUT2D eigenvalue weighted by Gasteiger charge is -2.58. The van der Waals surface area contributed by atoms with Crippen LogP contribution in [0.1, 0.15) is 51.1 Å². The minimum absolute atomic E-state index is 0.250. The van der Waals surface area contributed by atoms with Crippen molar-refractivity contribution in [1.29, 1.82) is 0 Å². The number of rotatable bonds is 4. The zero-order valence-electron chi connectivity index (χ0n) is 14.5. The number of carbonyl (C=O) groups excluding carboxylic acids is 2. The lowest BCUT2D eigenvalue weighted by molar-refractivity contribution is -0.176. The Balaban J connectivity index is 1.42. The van der Waals surface area contributed by atoms with Crippen LogP contribution >= 0.6 is 11.6 Å². The number of halogens is 1. The van der Waals surface area contributed by atoms with Gasteiger partial charge in [0, 0.05) is 10.9 Å². The average Bonchev–Trinajstić information content (AvgIpc) is 2.89. The summed E-state index contributed by atoms with van der Waals surface area (Å²) in [6.07, 6.45) is 4.63. The van der Waals surface area contributed by atoms with Crippen LogP contribution in [0.3, 0.4) is 0 Å². The molecule has 0 radical (unpaired) electrons. The van der Waals surface area contributed by atoms with Crippen LogP contribution in [0.25, 0.3) is 0 Å². The van der Waals surface area contributed by atoms with E-state index in [0.29, 0.717) is 24.0 Å². The van der Waals surface area contributed by atoms with Crippen LogP contribution in [0.2, 0.25) is 0 Å². The Kier molecular flexibility index (Phi) is 3.87. The fraction of sp³-hybridized carbons (Fsp3) is 0.722. The molecule has 1 amide bonds. The maximum Gasteiger partial charge on any atom is 0.312 e. The van der Waals surface area contributed by atoms with Gasteiger partial charge in [-0.05, 0) is 64.2 Å². The fourth-order valence-electron chi connectivity index (χ4n) is 5.37. The van der Waals surface area contributed by atoms with Crippen molar-refractivity contribution in [3.8, 4) is 0 Å². The smallest absolute Gasteiger partial charge is 0.312 e. The fourth-order valence-corrected chi connectivity index (χ4v) is 6.07. The summed E-state index contributed by atoms with van der Waals surface area (Å²) < 4.78 is 10.5. The van der Waals surface area contributed by atoms with Crippen LogP contribution in [0, 0.1) is 24.2 Å². The molecule has 1 aromatic heterocycles. The van der Waals surface area contributed by atoms with E-state index in [9.17, 15) is 9.59 Å². The van der Waals surface area contributed by atoms with E-state index in [-0.39, 0.29) is 16.7 Å². The highest BCUT2D eigenvalue weighted by atomic mass is 35.5. The first-order valence-corrected chi connectivity index (χ1v) is 9.29. The van der Waals surface area contributed by atoms with E-state index in [4.69, 9.17) is 20.9 Å². The second-order valence-corrected chi connectivity index (χ2v) is 9.06. The number of alkyl halides is 1. The molecule has 0 aromatic carbocycles. The van der Waals surface area contributed by atoms with Crippen molar-refractivity contribution in [3.63, 3.8) is 0 Å². The average molecular weight is 367 g/mol. The molecule has 136 valence electrons. The second kappa shape index (κ2) is 5.73. The lowest BCUT2D eigenvalue weighted by atomic mass is 9.49. The topological polar surface area (TPSA) is 81.4 Å². The summed E-state index contributed by atoms with van der Waals surface area (Å²) in [5.74, 6) is 0.568. The molecule has 5 rings (SSSR count). The third-order valence-corrected chi connectivity index (χ3v) is 6.39. The first-order chi connectivity index (χ1) is 11.8. The number of aromatic nitrogens is 1. The quantitative estimate of drug-likeness (QED) is 0.652. The van der Waals surface area contributed by atoms with E-state index in [1.165, 1.54) is 6.42 Å². The number of aryl methyl sites for hydroxylation is 1.